The lowest BCUT2D eigenvalue weighted by Gasteiger charge is -2.46. The van der Waals surface area contributed by atoms with Gasteiger partial charge in [0, 0.05) is 30.4 Å². The van der Waals surface area contributed by atoms with Crippen LogP contribution in [0, 0.1) is 11.8 Å². The molecule has 12 heteroatoms. The molecular formula is C26H30N2O10. The highest BCUT2D eigenvalue weighted by molar-refractivity contribution is 6.08. The standard InChI is InChI=1S/C26H30N2O10/c1-2-12-14-9-17-23(34)27-16-6-4-3-5-13(16)18(30)7-8-28(17)24(35)15(14)11-36-25(12)38-26-22(33)21(32)20(31)19(10-29)37-26/h2-6,11-12,14,17,19-22,25-26,29,31-33H,1,7-10H2,(H,27,34)/t12-,14+,17+,19-,20-,21+,22-,25+,26+/m1/s1. The molecule has 0 aliphatic carbocycles. The van der Waals surface area contributed by atoms with E-state index in [0.29, 0.717) is 11.3 Å². The fourth-order valence-electron chi connectivity index (χ4n) is 5.51. The Hall–Kier alpha value is -3.13. The third-order valence-corrected chi connectivity index (χ3v) is 7.63. The number of nitrogens with zero attached hydrogens (tertiary/aromatic N) is 1. The van der Waals surface area contributed by atoms with Crippen LogP contribution in [0.1, 0.15) is 23.2 Å². The molecule has 4 heterocycles. The lowest BCUT2D eigenvalue weighted by molar-refractivity contribution is -0.339. The first kappa shape index (κ1) is 26.5. The van der Waals surface area contributed by atoms with Gasteiger partial charge in [0.15, 0.2) is 12.1 Å². The summed E-state index contributed by atoms with van der Waals surface area (Å²) in [6, 6.07) is 5.82. The molecule has 5 N–H and O–H groups in total. The molecule has 0 radical (unpaired) electrons. The maximum atomic E-state index is 13.5. The summed E-state index contributed by atoms with van der Waals surface area (Å²) in [5, 5.41) is 42.8. The maximum Gasteiger partial charge on any atom is 0.253 e. The highest BCUT2D eigenvalue weighted by atomic mass is 16.8. The minimum Gasteiger partial charge on any atom is -0.471 e. The lowest BCUT2D eigenvalue weighted by atomic mass is 9.76. The molecular weight excluding hydrogens is 500 g/mol. The largest absolute Gasteiger partial charge is 0.471 e. The van der Waals surface area contributed by atoms with Gasteiger partial charge >= 0.3 is 0 Å². The van der Waals surface area contributed by atoms with Crippen LogP contribution >= 0.6 is 0 Å². The quantitative estimate of drug-likeness (QED) is 0.313. The smallest absolute Gasteiger partial charge is 0.253 e. The zero-order valence-electron chi connectivity index (χ0n) is 20.4. The zero-order valence-corrected chi connectivity index (χ0v) is 20.4. The monoisotopic (exact) mass is 530 g/mol. The van der Waals surface area contributed by atoms with E-state index in [1.165, 1.54) is 17.2 Å². The maximum absolute atomic E-state index is 13.5. The molecule has 0 aromatic heterocycles. The Morgan fingerprint density at radius 1 is 1.11 bits per heavy atom. The number of aliphatic hydroxyl groups excluding tert-OH is 4. The number of ether oxygens (including phenoxy) is 3. The molecule has 1 aromatic rings. The number of aliphatic hydroxyl groups is 4. The zero-order chi connectivity index (χ0) is 27.1. The van der Waals surface area contributed by atoms with Gasteiger partial charge in [-0.25, -0.2) is 0 Å². The highest BCUT2D eigenvalue weighted by Gasteiger charge is 2.51. The lowest BCUT2D eigenvalue weighted by Crippen LogP contribution is -2.60. The average Bonchev–Trinajstić information content (AvgIpc) is 2.96. The van der Waals surface area contributed by atoms with E-state index >= 15 is 0 Å². The summed E-state index contributed by atoms with van der Waals surface area (Å²) in [7, 11) is 0. The van der Waals surface area contributed by atoms with E-state index in [2.05, 4.69) is 11.9 Å². The van der Waals surface area contributed by atoms with Crippen LogP contribution in [0.5, 0.6) is 0 Å². The van der Waals surface area contributed by atoms with Crippen LogP contribution in [0.4, 0.5) is 5.69 Å². The number of para-hydroxylation sites is 1. The fraction of sp³-hybridized carbons (Fsp3) is 0.500. The Kier molecular flexibility index (Phi) is 7.36. The summed E-state index contributed by atoms with van der Waals surface area (Å²) in [6.45, 7) is 3.27. The van der Waals surface area contributed by atoms with Crippen LogP contribution < -0.4 is 5.32 Å². The first-order valence-corrected chi connectivity index (χ1v) is 12.4. The Morgan fingerprint density at radius 3 is 2.61 bits per heavy atom. The predicted molar refractivity (Wildman–Crippen MR) is 129 cm³/mol. The van der Waals surface area contributed by atoms with Crippen molar-refractivity contribution in [3.8, 4) is 0 Å². The Labute approximate surface area is 218 Å². The van der Waals surface area contributed by atoms with E-state index in [1.54, 1.807) is 24.3 Å². The second-order valence-corrected chi connectivity index (χ2v) is 9.79. The molecule has 0 unspecified atom stereocenters. The number of piperidine rings is 1. The van der Waals surface area contributed by atoms with Crippen molar-refractivity contribution in [2.24, 2.45) is 11.8 Å². The molecule has 4 aliphatic rings. The number of hydrogen-bond donors (Lipinski definition) is 5. The van der Waals surface area contributed by atoms with Crippen molar-refractivity contribution < 1.29 is 49.0 Å². The van der Waals surface area contributed by atoms with Gasteiger partial charge in [0.2, 0.25) is 12.2 Å². The van der Waals surface area contributed by atoms with Crippen LogP contribution in [-0.2, 0) is 23.8 Å². The first-order chi connectivity index (χ1) is 18.2. The molecule has 0 bridgehead atoms. The summed E-state index contributed by atoms with van der Waals surface area (Å²) in [4.78, 5) is 41.1. The number of carbonyl (C=O) groups excluding carboxylic acids is 3. The number of rotatable bonds is 4. The fourth-order valence-corrected chi connectivity index (χ4v) is 5.51. The summed E-state index contributed by atoms with van der Waals surface area (Å²) in [6.07, 6.45) is -5.61. The van der Waals surface area contributed by atoms with Crippen LogP contribution in [-0.4, -0.2) is 99.1 Å². The molecule has 4 aliphatic heterocycles. The van der Waals surface area contributed by atoms with Gasteiger partial charge in [-0.3, -0.25) is 14.4 Å². The topological polar surface area (TPSA) is 175 Å². The van der Waals surface area contributed by atoms with Crippen molar-refractivity contribution in [3.05, 3.63) is 54.3 Å². The van der Waals surface area contributed by atoms with Crippen molar-refractivity contribution in [2.75, 3.05) is 18.5 Å². The summed E-state index contributed by atoms with van der Waals surface area (Å²) >= 11 is 0. The van der Waals surface area contributed by atoms with Crippen molar-refractivity contribution in [1.29, 1.82) is 0 Å². The van der Waals surface area contributed by atoms with E-state index in [4.69, 9.17) is 14.2 Å². The summed E-state index contributed by atoms with van der Waals surface area (Å²) in [5.74, 6) is -2.29. The molecule has 204 valence electrons. The van der Waals surface area contributed by atoms with Gasteiger partial charge in [-0.2, -0.15) is 0 Å². The third kappa shape index (κ3) is 4.53. The molecule has 2 saturated heterocycles. The number of anilines is 1. The minimum absolute atomic E-state index is 0.0424. The number of fused-ring (bicyclic) bond motifs is 3. The van der Waals surface area contributed by atoms with E-state index in [-0.39, 0.29) is 30.7 Å². The van der Waals surface area contributed by atoms with Gasteiger partial charge in [0.05, 0.1) is 24.1 Å². The molecule has 2 fully saturated rings. The van der Waals surface area contributed by atoms with Crippen LogP contribution in [0.2, 0.25) is 0 Å². The van der Waals surface area contributed by atoms with Gasteiger partial charge in [-0.15, -0.1) is 6.58 Å². The molecule has 0 spiro atoms. The van der Waals surface area contributed by atoms with Crippen LogP contribution in [0.15, 0.2) is 48.8 Å². The van der Waals surface area contributed by atoms with Gasteiger partial charge < -0.3 is 44.9 Å². The second kappa shape index (κ2) is 10.6. The number of nitrogens with one attached hydrogen (secondary N) is 1. The van der Waals surface area contributed by atoms with Gasteiger partial charge in [-0.05, 0) is 18.6 Å². The second-order valence-electron chi connectivity index (χ2n) is 9.79. The van der Waals surface area contributed by atoms with E-state index in [0.717, 1.165) is 0 Å². The van der Waals surface area contributed by atoms with Gasteiger partial charge in [0.25, 0.3) is 5.91 Å². The van der Waals surface area contributed by atoms with Crippen molar-refractivity contribution in [2.45, 2.75) is 55.9 Å². The Bertz CT molecular complexity index is 1150. The van der Waals surface area contributed by atoms with E-state index in [1.807, 2.05) is 0 Å². The van der Waals surface area contributed by atoms with E-state index < -0.39 is 73.3 Å². The van der Waals surface area contributed by atoms with Gasteiger partial charge in [0.1, 0.15) is 30.5 Å². The Balaban J connectivity index is 1.40. The average molecular weight is 531 g/mol. The van der Waals surface area contributed by atoms with Crippen molar-refractivity contribution in [3.63, 3.8) is 0 Å². The molecule has 2 amide bonds. The third-order valence-electron chi connectivity index (χ3n) is 7.63. The number of ketones is 1. The molecule has 5 rings (SSSR count). The molecule has 38 heavy (non-hydrogen) atoms. The van der Waals surface area contributed by atoms with Crippen molar-refractivity contribution in [1.82, 2.24) is 4.90 Å². The number of amides is 2. The predicted octanol–water partition coefficient (Wildman–Crippen LogP) is -0.712. The number of hydrogen-bond acceptors (Lipinski definition) is 10. The molecule has 12 nitrogen and oxygen atoms in total. The van der Waals surface area contributed by atoms with E-state index in [9.17, 15) is 34.8 Å². The molecule has 9 atom stereocenters. The van der Waals surface area contributed by atoms with Gasteiger partial charge in [-0.1, -0.05) is 18.2 Å². The SMILES string of the molecule is C=C[C@H]1[C@H](O[C@@H]2O[C@H](CO)[C@@H](O)[C@H](O)[C@H]2O)OC=C2C(=O)N3CCC(=O)c4ccccc4NC(=O)[C@@H]3C[C@H]21. The number of benzene rings is 1. The normalized spacial score (nSPS) is 37.3. The van der Waals surface area contributed by atoms with Crippen LogP contribution in [0.3, 0.4) is 0 Å². The Morgan fingerprint density at radius 2 is 1.87 bits per heavy atom. The van der Waals surface area contributed by atoms with Crippen molar-refractivity contribution >= 4 is 23.3 Å². The summed E-state index contributed by atoms with van der Waals surface area (Å²) < 4.78 is 16.9. The van der Waals surface area contributed by atoms with Crippen LogP contribution in [0.25, 0.3) is 0 Å². The number of carbonyl (C=O) groups is 3. The minimum atomic E-state index is -1.64. The highest BCUT2D eigenvalue weighted by Crippen LogP contribution is 2.42. The number of Topliss-reactive ketones (excluding diaryl/α,β-unsaturated/α-hetero) is 1. The molecule has 0 saturated carbocycles. The first-order valence-electron chi connectivity index (χ1n) is 12.4. The summed E-state index contributed by atoms with van der Waals surface area (Å²) in [5.41, 5.74) is 1.05. The molecule has 1 aromatic carbocycles.